The van der Waals surface area contributed by atoms with Crippen LogP contribution in [0, 0.1) is 26.6 Å². The quantitative estimate of drug-likeness (QED) is 0.445. The van der Waals surface area contributed by atoms with Gasteiger partial charge in [0.25, 0.3) is 0 Å². The van der Waals surface area contributed by atoms with Gasteiger partial charge in [-0.1, -0.05) is 18.2 Å². The third kappa shape index (κ3) is 3.39. The minimum Gasteiger partial charge on any atom is -0.358 e. The Morgan fingerprint density at radius 2 is 1.94 bits per heavy atom. The summed E-state index contributed by atoms with van der Waals surface area (Å²) in [5.74, 6) is 0.543. The van der Waals surface area contributed by atoms with Gasteiger partial charge in [0.2, 0.25) is 5.95 Å². The van der Waals surface area contributed by atoms with Gasteiger partial charge in [-0.3, -0.25) is 4.98 Å². The van der Waals surface area contributed by atoms with Gasteiger partial charge in [0.1, 0.15) is 5.82 Å². The fourth-order valence-corrected chi connectivity index (χ4v) is 3.94. The van der Waals surface area contributed by atoms with Crippen molar-refractivity contribution in [2.45, 2.75) is 27.2 Å². The van der Waals surface area contributed by atoms with E-state index in [0.717, 1.165) is 18.2 Å². The predicted octanol–water partition coefficient (Wildman–Crippen LogP) is 4.39. The molecule has 0 radical (unpaired) electrons. The van der Waals surface area contributed by atoms with Gasteiger partial charge in [0, 0.05) is 40.5 Å². The van der Waals surface area contributed by atoms with Crippen LogP contribution in [0.1, 0.15) is 22.4 Å². The molecule has 0 aliphatic rings. The van der Waals surface area contributed by atoms with Gasteiger partial charge in [-0.25, -0.2) is 9.37 Å². The molecule has 2 N–H and O–H groups in total. The van der Waals surface area contributed by atoms with Gasteiger partial charge in [0.05, 0.1) is 12.4 Å². The van der Waals surface area contributed by atoms with E-state index in [9.17, 15) is 4.39 Å². The molecule has 1 aromatic carbocycles. The summed E-state index contributed by atoms with van der Waals surface area (Å²) in [5, 5.41) is 9.03. The number of hydrogen-bond donors (Lipinski definition) is 2. The van der Waals surface area contributed by atoms with Crippen LogP contribution >= 0.6 is 0 Å². The Bertz CT molecular complexity index is 1420. The Hall–Kier alpha value is -3.81. The number of anilines is 1. The molecule has 0 fully saturated rings. The molecule has 0 saturated carbocycles. The number of hydrogen-bond acceptors (Lipinski definition) is 5. The monoisotopic (exact) mass is 415 g/mol. The van der Waals surface area contributed by atoms with E-state index < -0.39 is 5.82 Å². The molecule has 0 amide bonds. The standard InChI is InChI=1S/C23H22FN7/c1-13-5-4-6-19-18(15(3)28-20(13)19)7-8-26-23-30-21(16-9-17(24)12-25-11-16)29-22-14(2)10-27-31(22)23/h4-6,9-12,28H,7-8H2,1-3H3,(H,26,29,30). The molecular formula is C23H22FN7. The molecule has 31 heavy (non-hydrogen) atoms. The number of nitrogens with zero attached hydrogens (tertiary/aromatic N) is 5. The summed E-state index contributed by atoms with van der Waals surface area (Å²) in [4.78, 5) is 16.6. The number of nitrogens with one attached hydrogen (secondary N) is 2. The van der Waals surface area contributed by atoms with Crippen molar-refractivity contribution in [2.75, 3.05) is 11.9 Å². The van der Waals surface area contributed by atoms with E-state index in [1.165, 1.54) is 33.8 Å². The molecule has 7 nitrogen and oxygen atoms in total. The van der Waals surface area contributed by atoms with E-state index in [1.807, 2.05) is 6.92 Å². The Kier molecular flexibility index (Phi) is 4.62. The summed E-state index contributed by atoms with van der Waals surface area (Å²) in [7, 11) is 0. The highest BCUT2D eigenvalue weighted by molar-refractivity contribution is 5.87. The van der Waals surface area contributed by atoms with Crippen LogP contribution in [0.15, 0.2) is 42.9 Å². The van der Waals surface area contributed by atoms with Crippen molar-refractivity contribution in [2.24, 2.45) is 0 Å². The van der Waals surface area contributed by atoms with Crippen molar-refractivity contribution >= 4 is 22.5 Å². The van der Waals surface area contributed by atoms with E-state index in [2.05, 4.69) is 62.4 Å². The summed E-state index contributed by atoms with van der Waals surface area (Å²) in [5.41, 5.74) is 6.98. The zero-order valence-corrected chi connectivity index (χ0v) is 17.6. The van der Waals surface area contributed by atoms with Crippen molar-refractivity contribution in [3.05, 3.63) is 71.1 Å². The normalized spacial score (nSPS) is 11.5. The fourth-order valence-electron chi connectivity index (χ4n) is 3.94. The maximum atomic E-state index is 13.7. The van der Waals surface area contributed by atoms with Gasteiger partial charge >= 0.3 is 0 Å². The minimum atomic E-state index is -0.425. The summed E-state index contributed by atoms with van der Waals surface area (Å²) >= 11 is 0. The van der Waals surface area contributed by atoms with Crippen LogP contribution in [0.25, 0.3) is 27.9 Å². The molecule has 0 aliphatic carbocycles. The lowest BCUT2D eigenvalue weighted by Gasteiger charge is -2.10. The first-order valence-corrected chi connectivity index (χ1v) is 10.1. The number of pyridine rings is 1. The van der Waals surface area contributed by atoms with Crippen LogP contribution in [-0.4, -0.2) is 36.1 Å². The second-order valence-electron chi connectivity index (χ2n) is 7.73. The summed E-state index contributed by atoms with van der Waals surface area (Å²) in [6.45, 7) is 6.81. The van der Waals surface area contributed by atoms with Crippen molar-refractivity contribution in [3.8, 4) is 11.4 Å². The van der Waals surface area contributed by atoms with Crippen LogP contribution in [0.3, 0.4) is 0 Å². The number of fused-ring (bicyclic) bond motifs is 2. The average Bonchev–Trinajstić information content (AvgIpc) is 3.29. The number of H-pyrrole nitrogens is 1. The zero-order chi connectivity index (χ0) is 21.5. The van der Waals surface area contributed by atoms with Gasteiger partial charge in [0.15, 0.2) is 11.5 Å². The first-order valence-electron chi connectivity index (χ1n) is 10.1. The molecule has 0 unspecified atom stereocenters. The molecule has 0 spiro atoms. The Morgan fingerprint density at radius 1 is 1.06 bits per heavy atom. The van der Waals surface area contributed by atoms with Crippen molar-refractivity contribution < 1.29 is 4.39 Å². The third-order valence-corrected chi connectivity index (χ3v) is 5.53. The molecule has 0 bridgehead atoms. The van der Waals surface area contributed by atoms with E-state index in [0.29, 0.717) is 29.5 Å². The number of para-hydroxylation sites is 1. The number of aryl methyl sites for hydroxylation is 3. The Balaban J connectivity index is 1.47. The highest BCUT2D eigenvalue weighted by atomic mass is 19.1. The molecule has 156 valence electrons. The maximum Gasteiger partial charge on any atom is 0.227 e. The Labute approximate surface area is 178 Å². The van der Waals surface area contributed by atoms with Gasteiger partial charge in [-0.15, -0.1) is 0 Å². The lowest BCUT2D eigenvalue weighted by molar-refractivity contribution is 0.622. The van der Waals surface area contributed by atoms with E-state index in [1.54, 1.807) is 16.9 Å². The molecule has 4 aromatic heterocycles. The molecule has 0 aliphatic heterocycles. The van der Waals surface area contributed by atoms with Crippen molar-refractivity contribution in [1.82, 2.24) is 29.5 Å². The third-order valence-electron chi connectivity index (χ3n) is 5.53. The summed E-state index contributed by atoms with van der Waals surface area (Å²) in [6.07, 6.45) is 5.28. The smallest absolute Gasteiger partial charge is 0.227 e. The fraction of sp³-hybridized carbons (Fsp3) is 0.217. The maximum absolute atomic E-state index is 13.7. The molecule has 5 aromatic rings. The highest BCUT2D eigenvalue weighted by Gasteiger charge is 2.14. The van der Waals surface area contributed by atoms with E-state index >= 15 is 0 Å². The average molecular weight is 415 g/mol. The minimum absolute atomic E-state index is 0.407. The first-order chi connectivity index (χ1) is 15.0. The number of halogens is 1. The SMILES string of the molecule is Cc1[nH]c2c(C)cccc2c1CCNc1nc(-c2cncc(F)c2)nc2c(C)cnn12. The van der Waals surface area contributed by atoms with Crippen molar-refractivity contribution in [3.63, 3.8) is 0 Å². The topological polar surface area (TPSA) is 83.8 Å². The lowest BCUT2D eigenvalue weighted by atomic mass is 10.1. The van der Waals surface area contributed by atoms with Crippen LogP contribution in [0.2, 0.25) is 0 Å². The summed E-state index contributed by atoms with van der Waals surface area (Å²) in [6, 6.07) is 7.73. The predicted molar refractivity (Wildman–Crippen MR) is 119 cm³/mol. The van der Waals surface area contributed by atoms with Crippen LogP contribution in [0.4, 0.5) is 10.3 Å². The molecule has 0 saturated heterocycles. The molecular weight excluding hydrogens is 393 g/mol. The second kappa shape index (κ2) is 7.46. The van der Waals surface area contributed by atoms with Crippen LogP contribution in [0.5, 0.6) is 0 Å². The van der Waals surface area contributed by atoms with Crippen LogP contribution < -0.4 is 5.32 Å². The molecule has 8 heteroatoms. The molecule has 0 atom stereocenters. The number of rotatable bonds is 5. The van der Waals surface area contributed by atoms with Crippen molar-refractivity contribution in [1.29, 1.82) is 0 Å². The second-order valence-corrected chi connectivity index (χ2v) is 7.73. The number of aromatic nitrogens is 6. The zero-order valence-electron chi connectivity index (χ0n) is 17.6. The van der Waals surface area contributed by atoms with E-state index in [-0.39, 0.29) is 0 Å². The van der Waals surface area contributed by atoms with Gasteiger partial charge < -0.3 is 10.3 Å². The highest BCUT2D eigenvalue weighted by Crippen LogP contribution is 2.25. The first kappa shape index (κ1) is 19.2. The number of aromatic amines is 1. The number of benzene rings is 1. The Morgan fingerprint density at radius 3 is 2.77 bits per heavy atom. The summed E-state index contributed by atoms with van der Waals surface area (Å²) < 4.78 is 15.4. The molecule has 4 heterocycles. The van der Waals surface area contributed by atoms with Gasteiger partial charge in [-0.05, 0) is 44.4 Å². The van der Waals surface area contributed by atoms with E-state index in [4.69, 9.17) is 0 Å². The lowest BCUT2D eigenvalue weighted by Crippen LogP contribution is -2.13. The van der Waals surface area contributed by atoms with Crippen LogP contribution in [-0.2, 0) is 6.42 Å². The molecule has 5 rings (SSSR count). The largest absolute Gasteiger partial charge is 0.358 e. The van der Waals surface area contributed by atoms with Gasteiger partial charge in [-0.2, -0.15) is 14.6 Å².